The fourth-order valence-corrected chi connectivity index (χ4v) is 1.85. The quantitative estimate of drug-likeness (QED) is 0.799. The van der Waals surface area contributed by atoms with Gasteiger partial charge in [0.25, 0.3) is 0 Å². The number of hydrogen-bond donors (Lipinski definition) is 1. The van der Waals surface area contributed by atoms with Crippen LogP contribution in [0.5, 0.6) is 0 Å². The molecule has 1 heteroatoms. The highest BCUT2D eigenvalue weighted by molar-refractivity contribution is 5.34. The van der Waals surface area contributed by atoms with Gasteiger partial charge >= 0.3 is 0 Å². The van der Waals surface area contributed by atoms with Crippen molar-refractivity contribution < 1.29 is 0 Å². The van der Waals surface area contributed by atoms with Crippen LogP contribution in [0.1, 0.15) is 29.7 Å². The maximum absolute atomic E-state index is 5.33. The number of nitrogens with one attached hydrogen (secondary N) is 1. The highest BCUT2D eigenvalue weighted by Crippen LogP contribution is 2.12. The molecule has 2 aromatic rings. The van der Waals surface area contributed by atoms with E-state index < -0.39 is 0 Å². The van der Waals surface area contributed by atoms with Crippen LogP contribution in [0.3, 0.4) is 0 Å². The van der Waals surface area contributed by atoms with Crippen LogP contribution in [0.2, 0.25) is 0 Å². The van der Waals surface area contributed by atoms with Crippen molar-refractivity contribution >= 4 is 0 Å². The summed E-state index contributed by atoms with van der Waals surface area (Å²) in [5.74, 6) is 2.62. The van der Waals surface area contributed by atoms with Gasteiger partial charge in [-0.2, -0.15) is 0 Å². The number of rotatable bonds is 4. The van der Waals surface area contributed by atoms with Crippen molar-refractivity contribution in [3.05, 3.63) is 71.3 Å². The summed E-state index contributed by atoms with van der Waals surface area (Å²) in [7, 11) is 0. The first-order chi connectivity index (χ1) is 8.79. The van der Waals surface area contributed by atoms with Gasteiger partial charge in [-0.05, 0) is 30.2 Å². The van der Waals surface area contributed by atoms with E-state index in [-0.39, 0.29) is 0 Å². The molecule has 0 radical (unpaired) electrons. The van der Waals surface area contributed by atoms with Gasteiger partial charge in [0, 0.05) is 18.2 Å². The van der Waals surface area contributed by atoms with Gasteiger partial charge in [0.2, 0.25) is 0 Å². The summed E-state index contributed by atoms with van der Waals surface area (Å²) in [5, 5.41) is 3.50. The van der Waals surface area contributed by atoms with Gasteiger partial charge in [-0.3, -0.25) is 0 Å². The molecule has 1 nitrogen and oxygen atoms in total. The summed E-state index contributed by atoms with van der Waals surface area (Å²) < 4.78 is 0. The first-order valence-corrected chi connectivity index (χ1v) is 6.13. The third kappa shape index (κ3) is 3.23. The molecule has 0 bridgehead atoms. The fraction of sp³-hybridized carbons (Fsp3) is 0.176. The molecule has 18 heavy (non-hydrogen) atoms. The van der Waals surface area contributed by atoms with Crippen LogP contribution in [0, 0.1) is 12.3 Å². The standard InChI is InChI=1S/C17H17N/c1-3-15-9-11-16(12-10-15)13-18-14(2)17-7-5-4-6-8-17/h1,4-12,14,18H,13H2,2H3/t14-/m0/s1. The van der Waals surface area contributed by atoms with Crippen molar-refractivity contribution in [2.45, 2.75) is 19.5 Å². The molecule has 2 aromatic carbocycles. The average Bonchev–Trinajstić information content (AvgIpc) is 2.46. The zero-order valence-electron chi connectivity index (χ0n) is 10.6. The van der Waals surface area contributed by atoms with Gasteiger partial charge < -0.3 is 5.32 Å². The number of hydrogen-bond acceptors (Lipinski definition) is 1. The molecule has 0 aliphatic heterocycles. The van der Waals surface area contributed by atoms with Crippen LogP contribution in [-0.4, -0.2) is 0 Å². The molecule has 1 atom stereocenters. The SMILES string of the molecule is C#Cc1ccc(CN[C@@H](C)c2ccccc2)cc1. The van der Waals surface area contributed by atoms with Crippen molar-refractivity contribution in [3.8, 4) is 12.3 Å². The molecule has 0 amide bonds. The van der Waals surface area contributed by atoms with Gasteiger partial charge in [0.05, 0.1) is 0 Å². The molecule has 0 aromatic heterocycles. The Morgan fingerprint density at radius 3 is 2.33 bits per heavy atom. The molecule has 0 spiro atoms. The molecule has 0 saturated heterocycles. The Bertz CT molecular complexity index is 520. The lowest BCUT2D eigenvalue weighted by Gasteiger charge is -2.14. The van der Waals surface area contributed by atoms with Crippen molar-refractivity contribution in [3.63, 3.8) is 0 Å². The largest absolute Gasteiger partial charge is 0.306 e. The van der Waals surface area contributed by atoms with E-state index in [0.29, 0.717) is 6.04 Å². The van der Waals surface area contributed by atoms with Crippen LogP contribution in [0.25, 0.3) is 0 Å². The minimum atomic E-state index is 0.346. The van der Waals surface area contributed by atoms with E-state index in [1.165, 1.54) is 11.1 Å². The molecule has 0 saturated carbocycles. The highest BCUT2D eigenvalue weighted by Gasteiger charge is 2.03. The first kappa shape index (κ1) is 12.4. The minimum Gasteiger partial charge on any atom is -0.306 e. The van der Waals surface area contributed by atoms with E-state index in [4.69, 9.17) is 6.42 Å². The fourth-order valence-electron chi connectivity index (χ4n) is 1.85. The first-order valence-electron chi connectivity index (χ1n) is 6.13. The lowest BCUT2D eigenvalue weighted by molar-refractivity contribution is 0.575. The molecule has 0 unspecified atom stereocenters. The van der Waals surface area contributed by atoms with Crippen LogP contribution < -0.4 is 5.32 Å². The average molecular weight is 235 g/mol. The molecule has 0 aliphatic carbocycles. The Morgan fingerprint density at radius 1 is 1.06 bits per heavy atom. The third-order valence-corrected chi connectivity index (χ3v) is 3.03. The molecule has 0 fully saturated rings. The van der Waals surface area contributed by atoms with Crippen LogP contribution in [-0.2, 0) is 6.54 Å². The molecular formula is C17H17N. The van der Waals surface area contributed by atoms with Crippen LogP contribution in [0.15, 0.2) is 54.6 Å². The summed E-state index contributed by atoms with van der Waals surface area (Å²) in [6, 6.07) is 18.9. The maximum Gasteiger partial charge on any atom is 0.0294 e. The monoisotopic (exact) mass is 235 g/mol. The zero-order chi connectivity index (χ0) is 12.8. The zero-order valence-corrected chi connectivity index (χ0v) is 10.6. The number of terminal acetylenes is 1. The van der Waals surface area contributed by atoms with Gasteiger partial charge in [0.15, 0.2) is 0 Å². The second-order valence-electron chi connectivity index (χ2n) is 4.35. The normalized spacial score (nSPS) is 11.8. The minimum absolute atomic E-state index is 0.346. The molecular weight excluding hydrogens is 218 g/mol. The molecule has 1 N–H and O–H groups in total. The second-order valence-corrected chi connectivity index (χ2v) is 4.35. The van der Waals surface area contributed by atoms with E-state index in [1.54, 1.807) is 0 Å². The Kier molecular flexibility index (Phi) is 4.17. The lowest BCUT2D eigenvalue weighted by atomic mass is 10.1. The highest BCUT2D eigenvalue weighted by atomic mass is 14.9. The number of benzene rings is 2. The summed E-state index contributed by atoms with van der Waals surface area (Å²) in [5.41, 5.74) is 3.48. The van der Waals surface area contributed by atoms with Crippen molar-refractivity contribution in [1.29, 1.82) is 0 Å². The van der Waals surface area contributed by atoms with E-state index in [9.17, 15) is 0 Å². The predicted molar refractivity (Wildman–Crippen MR) is 76.1 cm³/mol. The maximum atomic E-state index is 5.33. The lowest BCUT2D eigenvalue weighted by Crippen LogP contribution is -2.17. The van der Waals surface area contributed by atoms with Crippen molar-refractivity contribution in [2.75, 3.05) is 0 Å². The van der Waals surface area contributed by atoms with Crippen molar-refractivity contribution in [1.82, 2.24) is 5.32 Å². The van der Waals surface area contributed by atoms with Gasteiger partial charge in [0.1, 0.15) is 0 Å². The summed E-state index contributed by atoms with van der Waals surface area (Å²) >= 11 is 0. The van der Waals surface area contributed by atoms with Crippen molar-refractivity contribution in [2.24, 2.45) is 0 Å². The molecule has 2 rings (SSSR count). The van der Waals surface area contributed by atoms with E-state index in [2.05, 4.69) is 54.6 Å². The molecule has 90 valence electrons. The Morgan fingerprint density at radius 2 is 1.72 bits per heavy atom. The topological polar surface area (TPSA) is 12.0 Å². The summed E-state index contributed by atoms with van der Waals surface area (Å²) in [4.78, 5) is 0. The summed E-state index contributed by atoms with van der Waals surface area (Å²) in [6.45, 7) is 3.02. The molecule has 0 aliphatic rings. The third-order valence-electron chi connectivity index (χ3n) is 3.03. The Labute approximate surface area is 109 Å². The Hall–Kier alpha value is -2.04. The Balaban J connectivity index is 1.93. The van der Waals surface area contributed by atoms with Crippen LogP contribution >= 0.6 is 0 Å². The van der Waals surface area contributed by atoms with E-state index >= 15 is 0 Å². The van der Waals surface area contributed by atoms with Crippen LogP contribution in [0.4, 0.5) is 0 Å². The van der Waals surface area contributed by atoms with Gasteiger partial charge in [-0.25, -0.2) is 0 Å². The second kappa shape index (κ2) is 6.05. The summed E-state index contributed by atoms with van der Waals surface area (Å²) in [6.07, 6.45) is 5.33. The smallest absolute Gasteiger partial charge is 0.0294 e. The molecule has 0 heterocycles. The van der Waals surface area contributed by atoms with Gasteiger partial charge in [-0.1, -0.05) is 48.4 Å². The predicted octanol–water partition coefficient (Wildman–Crippen LogP) is 3.52. The van der Waals surface area contributed by atoms with E-state index in [1.807, 2.05) is 18.2 Å². The van der Waals surface area contributed by atoms with Gasteiger partial charge in [-0.15, -0.1) is 6.42 Å². The van der Waals surface area contributed by atoms with E-state index in [0.717, 1.165) is 12.1 Å².